The van der Waals surface area contributed by atoms with Gasteiger partial charge in [0.05, 0.1) is 54.8 Å². The van der Waals surface area contributed by atoms with Crippen molar-refractivity contribution in [2.75, 3.05) is 32.2 Å². The zero-order valence-electron chi connectivity index (χ0n) is 20.9. The molecule has 194 valence electrons. The van der Waals surface area contributed by atoms with E-state index in [2.05, 4.69) is 20.6 Å². The third kappa shape index (κ3) is 4.40. The van der Waals surface area contributed by atoms with Crippen LogP contribution in [0.3, 0.4) is 0 Å². The molecule has 3 aromatic rings. The second kappa shape index (κ2) is 9.04. The Bertz CT molecular complexity index is 1350. The molecule has 0 bridgehead atoms. The number of hydrogen-bond donors (Lipinski definition) is 3. The molecule has 1 saturated heterocycles. The molecule has 1 aromatic carbocycles. The van der Waals surface area contributed by atoms with Crippen LogP contribution in [0.25, 0.3) is 11.3 Å². The van der Waals surface area contributed by atoms with Crippen LogP contribution in [0.5, 0.6) is 11.5 Å². The Kier molecular flexibility index (Phi) is 5.80. The summed E-state index contributed by atoms with van der Waals surface area (Å²) in [7, 11) is 1.41. The number of carbonyl (C=O) groups is 1. The van der Waals surface area contributed by atoms with Crippen LogP contribution in [0.4, 0.5) is 15.8 Å². The average Bonchev–Trinajstić information content (AvgIpc) is 3.55. The molecular weight excluding hydrogens is 479 g/mol. The van der Waals surface area contributed by atoms with E-state index in [4.69, 9.17) is 18.9 Å². The van der Waals surface area contributed by atoms with Crippen molar-refractivity contribution in [2.24, 2.45) is 0 Å². The number of aromatic amines is 1. The number of ether oxygens (including phenoxy) is 4. The predicted molar refractivity (Wildman–Crippen MR) is 134 cm³/mol. The van der Waals surface area contributed by atoms with Crippen molar-refractivity contribution >= 4 is 17.3 Å². The van der Waals surface area contributed by atoms with E-state index in [1.165, 1.54) is 13.2 Å². The van der Waals surface area contributed by atoms with Crippen molar-refractivity contribution in [3.05, 3.63) is 53.7 Å². The van der Waals surface area contributed by atoms with E-state index in [1.807, 2.05) is 19.9 Å². The molecule has 2 aromatic heterocycles. The van der Waals surface area contributed by atoms with Gasteiger partial charge in [-0.3, -0.25) is 9.78 Å². The Morgan fingerprint density at radius 1 is 1.30 bits per heavy atom. The Hall–Kier alpha value is -3.63. The van der Waals surface area contributed by atoms with E-state index in [0.29, 0.717) is 47.2 Å². The molecule has 2 fully saturated rings. The number of para-hydroxylation sites is 1. The maximum atomic E-state index is 14.5. The van der Waals surface area contributed by atoms with Gasteiger partial charge in [-0.15, -0.1) is 0 Å². The maximum absolute atomic E-state index is 14.5. The Morgan fingerprint density at radius 3 is 2.95 bits per heavy atom. The molecule has 1 aliphatic carbocycles. The molecular formula is C27H29FN4O5. The molecule has 2 aliphatic heterocycles. The number of pyridine rings is 1. The van der Waals surface area contributed by atoms with Crippen LogP contribution in [0.2, 0.25) is 0 Å². The lowest BCUT2D eigenvalue weighted by atomic mass is 10.0. The van der Waals surface area contributed by atoms with E-state index < -0.39 is 5.82 Å². The number of fused-ring (bicyclic) bond motifs is 3. The summed E-state index contributed by atoms with van der Waals surface area (Å²) in [5.41, 5.74) is 3.34. The minimum Gasteiger partial charge on any atom is -0.492 e. The van der Waals surface area contributed by atoms with Gasteiger partial charge in [0.25, 0.3) is 5.91 Å². The molecule has 6 rings (SSSR count). The fraction of sp³-hybridized carbons (Fsp3) is 0.407. The van der Waals surface area contributed by atoms with Crippen LogP contribution in [0.15, 0.2) is 36.7 Å². The maximum Gasteiger partial charge on any atom is 0.255 e. The Balaban J connectivity index is 1.37. The minimum absolute atomic E-state index is 0.0625. The number of nitrogens with zero attached hydrogens (tertiary/aromatic N) is 1. The van der Waals surface area contributed by atoms with Gasteiger partial charge in [-0.2, -0.15) is 0 Å². The topological polar surface area (TPSA) is 107 Å². The van der Waals surface area contributed by atoms with E-state index in [9.17, 15) is 9.18 Å². The molecule has 3 N–H and O–H groups in total. The number of aromatic nitrogens is 2. The van der Waals surface area contributed by atoms with Gasteiger partial charge in [0.15, 0.2) is 11.6 Å². The number of amides is 1. The van der Waals surface area contributed by atoms with E-state index in [1.54, 1.807) is 24.5 Å². The lowest BCUT2D eigenvalue weighted by Gasteiger charge is -2.34. The molecule has 0 radical (unpaired) electrons. The quantitative estimate of drug-likeness (QED) is 0.440. The number of halogens is 1. The van der Waals surface area contributed by atoms with Crippen molar-refractivity contribution in [3.63, 3.8) is 0 Å². The molecule has 1 unspecified atom stereocenters. The second-order valence-electron chi connectivity index (χ2n) is 10.2. The summed E-state index contributed by atoms with van der Waals surface area (Å²) >= 11 is 0. The predicted octanol–water partition coefficient (Wildman–Crippen LogP) is 4.14. The number of rotatable bonds is 7. The molecule has 1 saturated carbocycles. The number of H-pyrrole nitrogens is 1. The summed E-state index contributed by atoms with van der Waals surface area (Å²) in [6.07, 6.45) is 3.95. The van der Waals surface area contributed by atoms with Crippen LogP contribution in [-0.4, -0.2) is 60.6 Å². The summed E-state index contributed by atoms with van der Waals surface area (Å²) in [5, 5.41) is 6.32. The summed E-state index contributed by atoms with van der Waals surface area (Å²) in [6.45, 7) is 5.15. The normalized spacial score (nSPS) is 23.5. The Morgan fingerprint density at radius 2 is 2.16 bits per heavy atom. The lowest BCUT2D eigenvalue weighted by Crippen LogP contribution is -2.44. The van der Waals surface area contributed by atoms with Crippen molar-refractivity contribution in [3.8, 4) is 22.8 Å². The summed E-state index contributed by atoms with van der Waals surface area (Å²) < 4.78 is 37.7. The minimum atomic E-state index is -0.504. The summed E-state index contributed by atoms with van der Waals surface area (Å²) in [4.78, 5) is 20.8. The van der Waals surface area contributed by atoms with Gasteiger partial charge in [-0.1, -0.05) is 6.07 Å². The first-order valence-corrected chi connectivity index (χ1v) is 12.3. The standard InChI is InChI=1S/C27H29FN4O5/c1-27(2)13-36-14(12-37-27)11-35-20-10-29-8-7-15(20)23-24(30-18-6-4-5-17(28)25(18)34-3)21-22(32-23)16-9-19(16)31-26(21)33/h4-8,10,14,16,19,30,32H,9,11-13H2,1-3H3,(H,31,33)/t14-,16+,19?/m0/s1. The SMILES string of the molecule is COc1c(F)cccc1Nc1c(-c2ccncc2OC[C@H]2COC(C)(C)CO2)[nH]c2c1C(=O)NC1C[C@@H]21. The van der Waals surface area contributed by atoms with Crippen LogP contribution in [0, 0.1) is 5.82 Å². The fourth-order valence-electron chi connectivity index (χ4n) is 4.93. The second-order valence-corrected chi connectivity index (χ2v) is 10.2. The van der Waals surface area contributed by atoms with Crippen LogP contribution >= 0.6 is 0 Å². The molecule has 4 heterocycles. The molecule has 10 heteroatoms. The highest BCUT2D eigenvalue weighted by atomic mass is 19.1. The van der Waals surface area contributed by atoms with E-state index in [-0.39, 0.29) is 41.9 Å². The first-order chi connectivity index (χ1) is 17.8. The van der Waals surface area contributed by atoms with Crippen molar-refractivity contribution < 1.29 is 28.1 Å². The molecule has 3 aliphatic rings. The third-order valence-electron chi connectivity index (χ3n) is 6.97. The zero-order chi connectivity index (χ0) is 25.7. The van der Waals surface area contributed by atoms with Crippen molar-refractivity contribution in [2.45, 2.75) is 43.9 Å². The molecule has 0 spiro atoms. The van der Waals surface area contributed by atoms with Crippen LogP contribution in [0.1, 0.15) is 42.2 Å². The summed E-state index contributed by atoms with van der Waals surface area (Å²) in [6, 6.07) is 6.57. The van der Waals surface area contributed by atoms with Gasteiger partial charge in [0.1, 0.15) is 18.5 Å². The number of nitrogens with one attached hydrogen (secondary N) is 3. The molecule has 1 amide bonds. The first-order valence-electron chi connectivity index (χ1n) is 12.3. The lowest BCUT2D eigenvalue weighted by molar-refractivity contribution is -0.181. The number of anilines is 2. The highest BCUT2D eigenvalue weighted by Crippen LogP contribution is 2.51. The van der Waals surface area contributed by atoms with Gasteiger partial charge in [0.2, 0.25) is 0 Å². The first kappa shape index (κ1) is 23.7. The van der Waals surface area contributed by atoms with Crippen molar-refractivity contribution in [1.82, 2.24) is 15.3 Å². The third-order valence-corrected chi connectivity index (χ3v) is 6.97. The smallest absolute Gasteiger partial charge is 0.255 e. The largest absolute Gasteiger partial charge is 0.492 e. The van der Waals surface area contributed by atoms with Gasteiger partial charge >= 0.3 is 0 Å². The fourth-order valence-corrected chi connectivity index (χ4v) is 4.93. The molecule has 9 nitrogen and oxygen atoms in total. The van der Waals surface area contributed by atoms with Gasteiger partial charge < -0.3 is 34.6 Å². The van der Waals surface area contributed by atoms with E-state index in [0.717, 1.165) is 12.1 Å². The number of benzene rings is 1. The van der Waals surface area contributed by atoms with Crippen molar-refractivity contribution in [1.29, 1.82) is 0 Å². The van der Waals surface area contributed by atoms with Gasteiger partial charge in [-0.05, 0) is 38.5 Å². The monoisotopic (exact) mass is 508 g/mol. The molecule has 37 heavy (non-hydrogen) atoms. The van der Waals surface area contributed by atoms with Crippen LogP contribution in [-0.2, 0) is 9.47 Å². The highest BCUT2D eigenvalue weighted by Gasteiger charge is 2.48. The number of hydrogen-bond acceptors (Lipinski definition) is 7. The number of methoxy groups -OCH3 is 1. The number of carbonyl (C=O) groups excluding carboxylic acids is 1. The summed E-state index contributed by atoms with van der Waals surface area (Å²) in [5.74, 6) is 0.111. The Labute approximate surface area is 213 Å². The average molecular weight is 509 g/mol. The highest BCUT2D eigenvalue weighted by molar-refractivity contribution is 6.07. The van der Waals surface area contributed by atoms with Crippen LogP contribution < -0.4 is 20.1 Å². The van der Waals surface area contributed by atoms with Gasteiger partial charge in [-0.25, -0.2) is 4.39 Å². The van der Waals surface area contributed by atoms with Gasteiger partial charge in [0, 0.05) is 29.4 Å². The van der Waals surface area contributed by atoms with E-state index >= 15 is 0 Å². The molecule has 3 atom stereocenters. The zero-order valence-corrected chi connectivity index (χ0v) is 20.9.